The van der Waals surface area contributed by atoms with Gasteiger partial charge in [0.05, 0.1) is 11.6 Å². The molecule has 1 unspecified atom stereocenters. The molecule has 1 aromatic rings. The fourth-order valence-electron chi connectivity index (χ4n) is 3.76. The van der Waals surface area contributed by atoms with Crippen molar-refractivity contribution in [1.29, 1.82) is 0 Å². The molecule has 0 saturated carbocycles. The number of thioether (sulfide) groups is 1. The van der Waals surface area contributed by atoms with Gasteiger partial charge < -0.3 is 19.7 Å². The molecule has 0 amide bonds. The summed E-state index contributed by atoms with van der Waals surface area (Å²) in [5.41, 5.74) is 0.968. The van der Waals surface area contributed by atoms with Gasteiger partial charge in [0.25, 0.3) is 0 Å². The number of fused-ring (bicyclic) bond motifs is 3. The molecule has 5 nitrogen and oxygen atoms in total. The van der Waals surface area contributed by atoms with Crippen molar-refractivity contribution in [3.8, 4) is 11.5 Å². The minimum absolute atomic E-state index is 0.182. The fraction of sp³-hybridized carbons (Fsp3) is 0.381. The molecule has 3 heterocycles. The highest BCUT2D eigenvalue weighted by molar-refractivity contribution is 8.03. The van der Waals surface area contributed by atoms with Crippen molar-refractivity contribution >= 4 is 23.3 Å². The lowest BCUT2D eigenvalue weighted by Gasteiger charge is -2.29. The van der Waals surface area contributed by atoms with Crippen molar-refractivity contribution in [2.24, 2.45) is 10.9 Å². The summed E-state index contributed by atoms with van der Waals surface area (Å²) in [6, 6.07) is 4.12. The van der Waals surface area contributed by atoms with Crippen molar-refractivity contribution < 1.29 is 9.47 Å². The molecule has 1 saturated heterocycles. The highest BCUT2D eigenvalue weighted by Crippen LogP contribution is 2.45. The van der Waals surface area contributed by atoms with Crippen LogP contribution in [0.5, 0.6) is 11.5 Å². The predicted molar refractivity (Wildman–Crippen MR) is 109 cm³/mol. The van der Waals surface area contributed by atoms with Crippen molar-refractivity contribution in [1.82, 2.24) is 10.2 Å². The Morgan fingerprint density at radius 2 is 1.96 bits per heavy atom. The molecule has 6 heteroatoms. The zero-order valence-corrected chi connectivity index (χ0v) is 16.0. The van der Waals surface area contributed by atoms with Gasteiger partial charge in [-0.3, -0.25) is 0 Å². The molecule has 0 aromatic heterocycles. The van der Waals surface area contributed by atoms with Crippen molar-refractivity contribution in [2.75, 3.05) is 39.4 Å². The number of nitrogens with zero attached hydrogens (tertiary/aromatic N) is 2. The minimum Gasteiger partial charge on any atom is -0.486 e. The molecular formula is C21H23N3O2S. The van der Waals surface area contributed by atoms with Gasteiger partial charge in [0.15, 0.2) is 11.5 Å². The molecular weight excluding hydrogens is 358 g/mol. The van der Waals surface area contributed by atoms with Crippen LogP contribution in [0.25, 0.3) is 0 Å². The first-order valence-electron chi connectivity index (χ1n) is 9.59. The van der Waals surface area contributed by atoms with E-state index in [-0.39, 0.29) is 5.92 Å². The first-order valence-corrected chi connectivity index (χ1v) is 10.4. The van der Waals surface area contributed by atoms with Gasteiger partial charge in [-0.15, -0.1) is 0 Å². The number of hydrogen-bond acceptors (Lipinski definition) is 6. The molecule has 3 aliphatic heterocycles. The third kappa shape index (κ3) is 3.51. The molecule has 1 N–H and O–H groups in total. The van der Waals surface area contributed by atoms with Crippen LogP contribution in [0.4, 0.5) is 5.69 Å². The SMILES string of the molecule is C1=CC2=CC(C=C1)C(N1CCCNCC1)=Nc1cc3c(cc1S2)OCCO3. The van der Waals surface area contributed by atoms with E-state index in [1.807, 2.05) is 6.07 Å². The Morgan fingerprint density at radius 3 is 2.89 bits per heavy atom. The molecule has 1 aliphatic carbocycles. The van der Waals surface area contributed by atoms with Gasteiger partial charge in [-0.25, -0.2) is 4.99 Å². The Labute approximate surface area is 163 Å². The normalized spacial score (nSPS) is 24.0. The number of amidine groups is 1. The summed E-state index contributed by atoms with van der Waals surface area (Å²) in [7, 11) is 0. The number of nitrogens with one attached hydrogen (secondary N) is 1. The van der Waals surface area contributed by atoms with Crippen LogP contribution in [-0.2, 0) is 0 Å². The maximum absolute atomic E-state index is 5.81. The van der Waals surface area contributed by atoms with Crippen LogP contribution in [0.2, 0.25) is 0 Å². The van der Waals surface area contributed by atoms with Gasteiger partial charge >= 0.3 is 0 Å². The molecule has 5 rings (SSSR count). The highest BCUT2D eigenvalue weighted by Gasteiger charge is 2.25. The van der Waals surface area contributed by atoms with E-state index in [0.717, 1.165) is 60.5 Å². The largest absolute Gasteiger partial charge is 0.486 e. The second-order valence-electron chi connectivity index (χ2n) is 6.97. The lowest BCUT2D eigenvalue weighted by atomic mass is 10.1. The monoisotopic (exact) mass is 381 g/mol. The van der Waals surface area contributed by atoms with E-state index in [1.54, 1.807) is 11.8 Å². The number of allylic oxidation sites excluding steroid dienone is 3. The Bertz CT molecular complexity index is 851. The van der Waals surface area contributed by atoms with Crippen molar-refractivity contribution in [3.63, 3.8) is 0 Å². The van der Waals surface area contributed by atoms with Crippen molar-refractivity contribution in [3.05, 3.63) is 47.4 Å². The molecule has 1 atom stereocenters. The molecule has 1 fully saturated rings. The Balaban J connectivity index is 1.63. The van der Waals surface area contributed by atoms with E-state index in [4.69, 9.17) is 14.5 Å². The third-order valence-corrected chi connectivity index (χ3v) is 6.14. The quantitative estimate of drug-likeness (QED) is 0.745. The standard InChI is InChI=1S/C21H23N3O2S/c1-2-5-16-12-15(4-1)21(24-8-3-6-22-7-9-24)23-17-13-18-19(14-20(17)27-16)26-11-10-25-18/h1-2,4-5,12-15,22H,3,6-11H2. The van der Waals surface area contributed by atoms with Gasteiger partial charge in [-0.2, -0.15) is 0 Å². The van der Waals surface area contributed by atoms with E-state index in [2.05, 4.69) is 46.7 Å². The average Bonchev–Trinajstić information content (AvgIpc) is 3.09. The smallest absolute Gasteiger partial charge is 0.163 e. The van der Waals surface area contributed by atoms with Gasteiger partial charge in [0, 0.05) is 41.6 Å². The van der Waals surface area contributed by atoms with E-state index in [1.165, 1.54) is 4.91 Å². The van der Waals surface area contributed by atoms with Gasteiger partial charge in [-0.05, 0) is 19.0 Å². The lowest BCUT2D eigenvalue weighted by molar-refractivity contribution is 0.171. The second-order valence-corrected chi connectivity index (χ2v) is 8.08. The molecule has 0 spiro atoms. The molecule has 1 aromatic carbocycles. The summed E-state index contributed by atoms with van der Waals surface area (Å²) in [6.45, 7) is 5.25. The molecule has 27 heavy (non-hydrogen) atoms. The van der Waals surface area contributed by atoms with Gasteiger partial charge in [0.2, 0.25) is 0 Å². The number of hydrogen-bond donors (Lipinski definition) is 1. The van der Waals surface area contributed by atoms with Gasteiger partial charge in [0.1, 0.15) is 19.0 Å². The summed E-state index contributed by atoms with van der Waals surface area (Å²) < 4.78 is 11.6. The maximum atomic E-state index is 5.81. The van der Waals surface area contributed by atoms with E-state index in [0.29, 0.717) is 13.2 Å². The molecule has 0 radical (unpaired) electrons. The van der Waals surface area contributed by atoms with Crippen LogP contribution in [0, 0.1) is 5.92 Å². The van der Waals surface area contributed by atoms with Crippen LogP contribution < -0.4 is 14.8 Å². The van der Waals surface area contributed by atoms with Crippen LogP contribution in [0.3, 0.4) is 0 Å². The number of ether oxygens (including phenoxy) is 2. The summed E-state index contributed by atoms with van der Waals surface area (Å²) in [5, 5.41) is 3.49. The first-order chi connectivity index (χ1) is 13.4. The third-order valence-electron chi connectivity index (χ3n) is 5.08. The minimum atomic E-state index is 0.182. The molecule has 2 bridgehead atoms. The lowest BCUT2D eigenvalue weighted by Crippen LogP contribution is -2.37. The number of rotatable bonds is 0. The van der Waals surface area contributed by atoms with E-state index in [9.17, 15) is 0 Å². The maximum Gasteiger partial charge on any atom is 0.163 e. The average molecular weight is 382 g/mol. The summed E-state index contributed by atoms with van der Waals surface area (Å²) >= 11 is 1.75. The van der Waals surface area contributed by atoms with Crippen LogP contribution >= 0.6 is 11.8 Å². The number of benzene rings is 1. The van der Waals surface area contributed by atoms with Crippen molar-refractivity contribution in [2.45, 2.75) is 11.3 Å². The Hall–Kier alpha value is -2.18. The highest BCUT2D eigenvalue weighted by atomic mass is 32.2. The Kier molecular flexibility index (Phi) is 4.67. The molecule has 140 valence electrons. The predicted octanol–water partition coefficient (Wildman–Crippen LogP) is 3.51. The number of aliphatic imine (C=N–C) groups is 1. The Morgan fingerprint density at radius 1 is 1.07 bits per heavy atom. The summed E-state index contributed by atoms with van der Waals surface area (Å²) in [6.07, 6.45) is 12.1. The first kappa shape index (κ1) is 17.0. The summed E-state index contributed by atoms with van der Waals surface area (Å²) in [5.74, 6) is 2.91. The topological polar surface area (TPSA) is 46.1 Å². The fourth-order valence-corrected chi connectivity index (χ4v) is 4.75. The second kappa shape index (κ2) is 7.44. The zero-order chi connectivity index (χ0) is 18.1. The summed E-state index contributed by atoms with van der Waals surface area (Å²) in [4.78, 5) is 9.96. The molecule has 4 aliphatic rings. The van der Waals surface area contributed by atoms with E-state index < -0.39 is 0 Å². The van der Waals surface area contributed by atoms with E-state index >= 15 is 0 Å². The van der Waals surface area contributed by atoms with Crippen LogP contribution in [0.15, 0.2) is 57.3 Å². The van der Waals surface area contributed by atoms with Gasteiger partial charge in [-0.1, -0.05) is 36.1 Å². The van der Waals surface area contributed by atoms with Crippen LogP contribution in [-0.4, -0.2) is 50.1 Å². The van der Waals surface area contributed by atoms with Crippen LogP contribution in [0.1, 0.15) is 6.42 Å². The zero-order valence-electron chi connectivity index (χ0n) is 15.2.